The summed E-state index contributed by atoms with van der Waals surface area (Å²) in [7, 11) is 0. The summed E-state index contributed by atoms with van der Waals surface area (Å²) in [6, 6.07) is 13.9. The van der Waals surface area contributed by atoms with Crippen LogP contribution in [0.3, 0.4) is 0 Å². The van der Waals surface area contributed by atoms with Crippen LogP contribution in [0.4, 0.5) is 0 Å². The highest BCUT2D eigenvalue weighted by molar-refractivity contribution is 9.10. The second-order valence-corrected chi connectivity index (χ2v) is 6.21. The average Bonchev–Trinajstić information content (AvgIpc) is 2.38. The summed E-state index contributed by atoms with van der Waals surface area (Å²) in [5.41, 5.74) is 8.40. The molecule has 4 heteroatoms. The molecule has 0 saturated carbocycles. The van der Waals surface area contributed by atoms with Gasteiger partial charge in [-0.2, -0.15) is 0 Å². The molecule has 0 aliphatic rings. The second kappa shape index (κ2) is 6.76. The van der Waals surface area contributed by atoms with E-state index in [9.17, 15) is 0 Å². The van der Waals surface area contributed by atoms with Crippen molar-refractivity contribution in [3.63, 3.8) is 0 Å². The van der Waals surface area contributed by atoms with E-state index in [0.717, 1.165) is 22.9 Å². The Kier molecular flexibility index (Phi) is 5.28. The summed E-state index contributed by atoms with van der Waals surface area (Å²) < 4.78 is 1.07. The fourth-order valence-corrected chi connectivity index (χ4v) is 2.65. The van der Waals surface area contributed by atoms with E-state index in [0.29, 0.717) is 10.0 Å². The Morgan fingerprint density at radius 1 is 1.00 bits per heavy atom. The van der Waals surface area contributed by atoms with Gasteiger partial charge in [-0.15, -0.1) is 0 Å². The van der Waals surface area contributed by atoms with Crippen LogP contribution in [-0.4, -0.2) is 6.04 Å². The molecule has 2 aromatic rings. The normalized spacial score (nSPS) is 12.4. The molecule has 0 bridgehead atoms. The van der Waals surface area contributed by atoms with E-state index in [1.165, 1.54) is 5.56 Å². The van der Waals surface area contributed by atoms with E-state index in [-0.39, 0.29) is 6.04 Å². The van der Waals surface area contributed by atoms with Crippen molar-refractivity contribution in [2.24, 2.45) is 5.73 Å². The van der Waals surface area contributed by atoms with Crippen molar-refractivity contribution in [3.8, 4) is 0 Å². The highest BCUT2D eigenvalue weighted by Crippen LogP contribution is 2.26. The van der Waals surface area contributed by atoms with Crippen LogP contribution in [0.1, 0.15) is 11.1 Å². The van der Waals surface area contributed by atoms with Gasteiger partial charge in [-0.05, 0) is 42.2 Å². The molecular formula is C15H14BrCl2N. The van der Waals surface area contributed by atoms with Crippen LogP contribution >= 0.6 is 39.1 Å². The lowest BCUT2D eigenvalue weighted by molar-refractivity contribution is 0.665. The Morgan fingerprint density at radius 2 is 1.68 bits per heavy atom. The third-order valence-electron chi connectivity index (χ3n) is 2.92. The van der Waals surface area contributed by atoms with Gasteiger partial charge in [0.1, 0.15) is 0 Å². The van der Waals surface area contributed by atoms with Crippen LogP contribution in [-0.2, 0) is 12.8 Å². The van der Waals surface area contributed by atoms with E-state index in [1.807, 2.05) is 24.3 Å². The van der Waals surface area contributed by atoms with Crippen molar-refractivity contribution < 1.29 is 0 Å². The summed E-state index contributed by atoms with van der Waals surface area (Å²) in [5, 5.41) is 1.19. The molecule has 1 nitrogen and oxygen atoms in total. The van der Waals surface area contributed by atoms with Gasteiger partial charge >= 0.3 is 0 Å². The number of halogens is 3. The minimum Gasteiger partial charge on any atom is -0.327 e. The van der Waals surface area contributed by atoms with Crippen molar-refractivity contribution in [2.75, 3.05) is 0 Å². The van der Waals surface area contributed by atoms with Gasteiger partial charge in [0, 0.05) is 10.5 Å². The number of benzene rings is 2. The minimum absolute atomic E-state index is 0.0251. The number of nitrogens with two attached hydrogens (primary N) is 1. The van der Waals surface area contributed by atoms with Gasteiger partial charge in [0.2, 0.25) is 0 Å². The van der Waals surface area contributed by atoms with Crippen LogP contribution in [0.2, 0.25) is 10.0 Å². The molecule has 0 fully saturated rings. The monoisotopic (exact) mass is 357 g/mol. The highest BCUT2D eigenvalue weighted by Gasteiger charge is 2.10. The zero-order valence-corrected chi connectivity index (χ0v) is 13.3. The average molecular weight is 359 g/mol. The van der Waals surface area contributed by atoms with Gasteiger partial charge in [-0.3, -0.25) is 0 Å². The topological polar surface area (TPSA) is 26.0 Å². The van der Waals surface area contributed by atoms with Gasteiger partial charge in [0.15, 0.2) is 0 Å². The Labute approximate surface area is 131 Å². The molecule has 0 saturated heterocycles. The summed E-state index contributed by atoms with van der Waals surface area (Å²) in [6.45, 7) is 0. The lowest BCUT2D eigenvalue weighted by Crippen LogP contribution is -2.25. The lowest BCUT2D eigenvalue weighted by Gasteiger charge is -2.13. The molecule has 2 aromatic carbocycles. The van der Waals surface area contributed by atoms with Crippen LogP contribution < -0.4 is 5.73 Å². The largest absolute Gasteiger partial charge is 0.327 e. The first-order chi connectivity index (χ1) is 9.06. The van der Waals surface area contributed by atoms with Crippen LogP contribution in [0.25, 0.3) is 0 Å². The first-order valence-electron chi connectivity index (χ1n) is 5.99. The minimum atomic E-state index is 0.0251. The third kappa shape index (κ3) is 4.22. The summed E-state index contributed by atoms with van der Waals surface area (Å²) in [5.74, 6) is 0. The molecule has 0 aliphatic carbocycles. The molecule has 0 heterocycles. The first kappa shape index (κ1) is 14.9. The van der Waals surface area contributed by atoms with Crippen molar-refractivity contribution in [1.82, 2.24) is 0 Å². The fourth-order valence-electron chi connectivity index (χ4n) is 1.98. The molecule has 0 amide bonds. The van der Waals surface area contributed by atoms with Crippen LogP contribution in [0, 0.1) is 0 Å². The van der Waals surface area contributed by atoms with Crippen molar-refractivity contribution in [3.05, 3.63) is 68.1 Å². The molecule has 0 aromatic heterocycles. The Hall–Kier alpha value is -0.540. The lowest BCUT2D eigenvalue weighted by atomic mass is 10.00. The summed E-state index contributed by atoms with van der Waals surface area (Å²) in [4.78, 5) is 0. The molecule has 2 rings (SSSR count). The van der Waals surface area contributed by atoms with Gasteiger partial charge < -0.3 is 5.73 Å². The second-order valence-electron chi connectivity index (χ2n) is 4.51. The molecular weight excluding hydrogens is 345 g/mol. The molecule has 100 valence electrons. The van der Waals surface area contributed by atoms with Gasteiger partial charge in [0.25, 0.3) is 0 Å². The fraction of sp³-hybridized carbons (Fsp3) is 0.200. The van der Waals surface area contributed by atoms with Crippen molar-refractivity contribution >= 4 is 39.1 Å². The van der Waals surface area contributed by atoms with Crippen LogP contribution in [0.5, 0.6) is 0 Å². The SMILES string of the molecule is NC(Cc1ccc(Br)cc1)Cc1cccc(Cl)c1Cl. The van der Waals surface area contributed by atoms with E-state index >= 15 is 0 Å². The Bertz CT molecular complexity index is 555. The molecule has 0 spiro atoms. The van der Waals surface area contributed by atoms with Crippen LogP contribution in [0.15, 0.2) is 46.9 Å². The van der Waals surface area contributed by atoms with E-state index in [1.54, 1.807) is 6.07 Å². The molecule has 2 N–H and O–H groups in total. The third-order valence-corrected chi connectivity index (χ3v) is 4.31. The predicted molar refractivity (Wildman–Crippen MR) is 86.0 cm³/mol. The number of hydrogen-bond donors (Lipinski definition) is 1. The number of rotatable bonds is 4. The highest BCUT2D eigenvalue weighted by atomic mass is 79.9. The smallest absolute Gasteiger partial charge is 0.0624 e. The maximum atomic E-state index is 6.18. The standard InChI is InChI=1S/C15H14BrCl2N/c16-12-6-4-10(5-7-12)8-13(19)9-11-2-1-3-14(17)15(11)18/h1-7,13H,8-9,19H2. The molecule has 0 radical (unpaired) electrons. The Morgan fingerprint density at radius 3 is 2.37 bits per heavy atom. The maximum absolute atomic E-state index is 6.18. The molecule has 1 atom stereocenters. The first-order valence-corrected chi connectivity index (χ1v) is 7.54. The van der Waals surface area contributed by atoms with Crippen molar-refractivity contribution in [2.45, 2.75) is 18.9 Å². The summed E-state index contributed by atoms with van der Waals surface area (Å²) in [6.07, 6.45) is 1.53. The van der Waals surface area contributed by atoms with Gasteiger partial charge in [-0.25, -0.2) is 0 Å². The summed E-state index contributed by atoms with van der Waals surface area (Å²) >= 11 is 15.6. The molecule has 19 heavy (non-hydrogen) atoms. The van der Waals surface area contributed by atoms with E-state index in [4.69, 9.17) is 28.9 Å². The van der Waals surface area contributed by atoms with Gasteiger partial charge in [-0.1, -0.05) is 63.4 Å². The zero-order valence-electron chi connectivity index (χ0n) is 10.2. The molecule has 1 unspecified atom stereocenters. The number of hydrogen-bond acceptors (Lipinski definition) is 1. The van der Waals surface area contributed by atoms with Gasteiger partial charge in [0.05, 0.1) is 10.0 Å². The maximum Gasteiger partial charge on any atom is 0.0624 e. The van der Waals surface area contributed by atoms with Crippen molar-refractivity contribution in [1.29, 1.82) is 0 Å². The van der Waals surface area contributed by atoms with E-state index in [2.05, 4.69) is 28.1 Å². The Balaban J connectivity index is 2.03. The molecule has 0 aliphatic heterocycles. The predicted octanol–water partition coefficient (Wildman–Crippen LogP) is 4.87. The zero-order chi connectivity index (χ0) is 13.8. The quantitative estimate of drug-likeness (QED) is 0.828. The van der Waals surface area contributed by atoms with E-state index < -0.39 is 0 Å².